The van der Waals surface area contributed by atoms with Gasteiger partial charge in [-0.25, -0.2) is 9.78 Å². The first kappa shape index (κ1) is 21.0. The fourth-order valence-corrected chi connectivity index (χ4v) is 5.54. The van der Waals surface area contributed by atoms with Crippen LogP contribution in [0.2, 0.25) is 0 Å². The van der Waals surface area contributed by atoms with Gasteiger partial charge in [-0.2, -0.15) is 0 Å². The zero-order valence-corrected chi connectivity index (χ0v) is 18.0. The number of thiazole rings is 1. The number of fused-ring (bicyclic) bond motifs is 1. The first-order valence-electron chi connectivity index (χ1n) is 9.00. The van der Waals surface area contributed by atoms with Gasteiger partial charge in [0.05, 0.1) is 17.0 Å². The highest BCUT2D eigenvalue weighted by Gasteiger charge is 2.37. The predicted octanol–water partition coefficient (Wildman–Crippen LogP) is 1.99. The van der Waals surface area contributed by atoms with E-state index in [1.165, 1.54) is 11.3 Å². The molecule has 2 aromatic rings. The molecule has 152 valence electrons. The average Bonchev–Trinajstić information content (AvgIpc) is 3.17. The normalized spacial score (nSPS) is 17.5. The molecule has 0 bridgehead atoms. The molecule has 0 saturated heterocycles. The first-order chi connectivity index (χ1) is 13.0. The minimum absolute atomic E-state index is 0.0858. The summed E-state index contributed by atoms with van der Waals surface area (Å²) in [6, 6.07) is -0.618. The van der Waals surface area contributed by atoms with Gasteiger partial charge < -0.3 is 20.7 Å². The number of hydrogen-bond acceptors (Lipinski definition) is 7. The molecular weight excluding hydrogens is 398 g/mol. The Kier molecular flexibility index (Phi) is 5.70. The van der Waals surface area contributed by atoms with Crippen LogP contribution in [0.15, 0.2) is 4.21 Å². The van der Waals surface area contributed by atoms with Gasteiger partial charge in [-0.3, -0.25) is 4.98 Å². The molecule has 2 unspecified atom stereocenters. The highest BCUT2D eigenvalue weighted by Crippen LogP contribution is 2.43. The third kappa shape index (κ3) is 3.87. The second kappa shape index (κ2) is 7.60. The molecule has 10 heteroatoms. The number of pyridine rings is 1. The van der Waals surface area contributed by atoms with Crippen LogP contribution >= 0.6 is 11.3 Å². The summed E-state index contributed by atoms with van der Waals surface area (Å²) in [4.78, 5) is 20.9. The Morgan fingerprint density at radius 2 is 2.11 bits per heavy atom. The van der Waals surface area contributed by atoms with Crippen molar-refractivity contribution in [2.24, 2.45) is 10.9 Å². The average molecular weight is 424 g/mol. The van der Waals surface area contributed by atoms with Crippen molar-refractivity contribution in [3.05, 3.63) is 33.2 Å². The van der Waals surface area contributed by atoms with Gasteiger partial charge in [0.1, 0.15) is 16.3 Å². The molecule has 3 rings (SSSR count). The summed E-state index contributed by atoms with van der Waals surface area (Å²) < 4.78 is 12.6. The van der Waals surface area contributed by atoms with Crippen molar-refractivity contribution in [1.82, 2.24) is 9.97 Å². The Morgan fingerprint density at radius 3 is 2.64 bits per heavy atom. The third-order valence-electron chi connectivity index (χ3n) is 4.90. The number of carbonyl (C=O) groups excluding carboxylic acids is 1. The number of nitrogens with zero attached hydrogens (tertiary/aromatic N) is 2. The molecule has 0 fully saturated rings. The number of nitrogens with two attached hydrogens (primary N) is 2. The number of hydrogen-bond donors (Lipinski definition) is 4. The Bertz CT molecular complexity index is 921. The minimum atomic E-state index is -1.71. The third-order valence-corrected chi connectivity index (χ3v) is 7.39. The van der Waals surface area contributed by atoms with Gasteiger partial charge in [0.2, 0.25) is 0 Å². The largest absolute Gasteiger partial charge is 0.592 e. The molecule has 1 aliphatic carbocycles. The van der Waals surface area contributed by atoms with Crippen LogP contribution in [0.5, 0.6) is 0 Å². The van der Waals surface area contributed by atoms with E-state index in [4.69, 9.17) is 15.9 Å². The van der Waals surface area contributed by atoms with Crippen LogP contribution in [0, 0.1) is 6.92 Å². The molecule has 2 amide bonds. The van der Waals surface area contributed by atoms with Gasteiger partial charge in [0.25, 0.3) is 4.21 Å². The molecule has 1 aliphatic rings. The van der Waals surface area contributed by atoms with E-state index in [1.54, 1.807) is 13.8 Å². The van der Waals surface area contributed by atoms with E-state index < -0.39 is 23.0 Å². The summed E-state index contributed by atoms with van der Waals surface area (Å²) >= 11 is -0.537. The van der Waals surface area contributed by atoms with Crippen LogP contribution in [-0.2, 0) is 36.2 Å². The Hall–Kier alpha value is -1.72. The van der Waals surface area contributed by atoms with E-state index in [1.807, 2.05) is 13.8 Å². The van der Waals surface area contributed by atoms with Gasteiger partial charge in [0.15, 0.2) is 0 Å². The van der Waals surface area contributed by atoms with Crippen LogP contribution in [0.4, 0.5) is 10.5 Å². The fourth-order valence-electron chi connectivity index (χ4n) is 3.67. The monoisotopic (exact) mass is 423 g/mol. The fraction of sp³-hybridized carbons (Fsp3) is 0.500. The highest BCUT2D eigenvalue weighted by molar-refractivity contribution is 7.91. The molecular formula is C18H25N5O3S2. The Labute approximate surface area is 171 Å². The number of aromatic nitrogens is 2. The van der Waals surface area contributed by atoms with E-state index in [9.17, 15) is 14.5 Å². The molecule has 28 heavy (non-hydrogen) atoms. The molecule has 0 saturated carbocycles. The van der Waals surface area contributed by atoms with Crippen molar-refractivity contribution in [3.8, 4) is 0 Å². The summed E-state index contributed by atoms with van der Waals surface area (Å²) in [6.07, 6.45) is 1.88. The number of aryl methyl sites for hydroxylation is 1. The lowest BCUT2D eigenvalue weighted by Crippen LogP contribution is -2.22. The zero-order valence-electron chi connectivity index (χ0n) is 16.3. The van der Waals surface area contributed by atoms with Crippen molar-refractivity contribution >= 4 is 34.4 Å². The number of primary amides is 1. The van der Waals surface area contributed by atoms with E-state index >= 15 is 0 Å². The van der Waals surface area contributed by atoms with E-state index in [0.717, 1.165) is 22.5 Å². The van der Waals surface area contributed by atoms with Crippen molar-refractivity contribution in [2.45, 2.75) is 62.7 Å². The molecule has 0 aromatic carbocycles. The van der Waals surface area contributed by atoms with Crippen LogP contribution in [0.3, 0.4) is 0 Å². The summed E-state index contributed by atoms with van der Waals surface area (Å²) in [5, 5.41) is 19.2. The number of urea groups is 1. The molecule has 2 heterocycles. The lowest BCUT2D eigenvalue weighted by molar-refractivity contribution is 0.0780. The molecule has 2 atom stereocenters. The lowest BCUT2D eigenvalue weighted by Gasteiger charge is -2.15. The van der Waals surface area contributed by atoms with E-state index in [-0.39, 0.29) is 5.92 Å². The standard InChI is InChI=1S/C18H25N5O3S2/c1-5-10-8(2)21-12-7-9(6-11(12)14(10)23-17(19)24)13-15(28(20)26)27-16(22-13)18(3,4)25/h9,25H,5-7,20H2,1-4H3,(H3,19,21,23,24). The molecule has 0 spiro atoms. The maximum atomic E-state index is 12.1. The van der Waals surface area contributed by atoms with Crippen molar-refractivity contribution < 1.29 is 14.5 Å². The van der Waals surface area contributed by atoms with Crippen molar-refractivity contribution in [1.29, 1.82) is 0 Å². The Balaban J connectivity index is 2.06. The summed E-state index contributed by atoms with van der Waals surface area (Å²) in [6.45, 7) is 7.18. The number of anilines is 1. The van der Waals surface area contributed by atoms with Crippen LogP contribution in [0.1, 0.15) is 59.9 Å². The maximum absolute atomic E-state index is 12.1. The number of nitrogens with one attached hydrogen (secondary N) is 1. The number of rotatable bonds is 5. The minimum Gasteiger partial charge on any atom is -0.592 e. The van der Waals surface area contributed by atoms with Crippen molar-refractivity contribution in [3.63, 3.8) is 0 Å². The smallest absolute Gasteiger partial charge is 0.316 e. The second-order valence-electron chi connectivity index (χ2n) is 7.47. The van der Waals surface area contributed by atoms with Gasteiger partial charge in [0, 0.05) is 17.3 Å². The first-order valence-corrected chi connectivity index (χ1v) is 11.0. The molecule has 2 aromatic heterocycles. The summed E-state index contributed by atoms with van der Waals surface area (Å²) in [7, 11) is 0. The molecule has 8 nitrogen and oxygen atoms in total. The molecule has 0 aliphatic heterocycles. The molecule has 6 N–H and O–H groups in total. The highest BCUT2D eigenvalue weighted by atomic mass is 32.2. The zero-order chi connectivity index (χ0) is 20.8. The number of carbonyl (C=O) groups is 1. The van der Waals surface area contributed by atoms with Crippen LogP contribution in [-0.4, -0.2) is 25.7 Å². The molecule has 0 radical (unpaired) electrons. The topological polar surface area (TPSA) is 150 Å². The van der Waals surface area contributed by atoms with Gasteiger partial charge in [-0.15, -0.1) is 5.14 Å². The lowest BCUT2D eigenvalue weighted by atomic mass is 10.0. The Morgan fingerprint density at radius 1 is 1.43 bits per heavy atom. The van der Waals surface area contributed by atoms with Gasteiger partial charge >= 0.3 is 6.03 Å². The predicted molar refractivity (Wildman–Crippen MR) is 110 cm³/mol. The van der Waals surface area contributed by atoms with Crippen LogP contribution in [0.25, 0.3) is 0 Å². The van der Waals surface area contributed by atoms with Gasteiger partial charge in [-0.05, 0) is 51.2 Å². The van der Waals surface area contributed by atoms with Crippen LogP contribution < -0.4 is 16.2 Å². The maximum Gasteiger partial charge on any atom is 0.316 e. The number of amides is 2. The van der Waals surface area contributed by atoms with E-state index in [2.05, 4.69) is 10.3 Å². The van der Waals surface area contributed by atoms with E-state index in [0.29, 0.717) is 39.9 Å². The SMILES string of the molecule is CCc1c(C)nc2c(c1NC(N)=O)CC(c1nc(C(C)(C)O)sc1[S+](N)[O-])C2. The summed E-state index contributed by atoms with van der Waals surface area (Å²) in [5.41, 5.74) is 9.19. The number of aliphatic hydroxyl groups is 1. The van der Waals surface area contributed by atoms with Gasteiger partial charge in [-0.1, -0.05) is 18.3 Å². The summed E-state index contributed by atoms with van der Waals surface area (Å²) in [5.74, 6) is -0.0858. The quantitative estimate of drug-likeness (QED) is 0.540. The van der Waals surface area contributed by atoms with Crippen molar-refractivity contribution in [2.75, 3.05) is 5.32 Å². The second-order valence-corrected chi connectivity index (χ2v) is 9.73.